The molecular weight excluding hydrogens is 827 g/mol. The number of aromatic nitrogens is 2. The van der Waals surface area contributed by atoms with Crippen LogP contribution >= 0.6 is 11.3 Å². The summed E-state index contributed by atoms with van der Waals surface area (Å²) >= 11 is 1.48. The number of carboxylic acid groups (broad SMARTS) is 1. The van der Waals surface area contributed by atoms with Crippen molar-refractivity contribution in [3.8, 4) is 22.9 Å². The van der Waals surface area contributed by atoms with E-state index in [-0.39, 0.29) is 31.0 Å². The molecule has 16 nitrogen and oxygen atoms in total. The van der Waals surface area contributed by atoms with Crippen molar-refractivity contribution < 1.29 is 43.2 Å². The maximum absolute atomic E-state index is 14.8. The average molecular weight is 888 g/mol. The van der Waals surface area contributed by atoms with Crippen molar-refractivity contribution in [2.24, 2.45) is 17.8 Å². The number of pyridine rings is 1. The molecule has 2 aromatic heterocycles. The van der Waals surface area contributed by atoms with Gasteiger partial charge in [-0.1, -0.05) is 32.1 Å². The number of hydrogen-bond acceptors (Lipinski definition) is 13. The van der Waals surface area contributed by atoms with Gasteiger partial charge >= 0.3 is 12.1 Å². The smallest absolute Gasteiger partial charge is 0.408 e. The van der Waals surface area contributed by atoms with E-state index in [0.29, 0.717) is 91.1 Å². The lowest BCUT2D eigenvalue weighted by Gasteiger charge is -2.29. The number of carbonyl (C=O) groups is 4. The molecule has 1 unspecified atom stereocenters. The maximum atomic E-state index is 14.8. The van der Waals surface area contributed by atoms with Crippen LogP contribution in [0.15, 0.2) is 29.6 Å². The molecule has 0 bridgehead atoms. The van der Waals surface area contributed by atoms with Crippen molar-refractivity contribution in [1.29, 1.82) is 0 Å². The maximum Gasteiger partial charge on any atom is 0.408 e. The number of fused-ring (bicyclic) bond motifs is 4. The number of ether oxygens (including phenoxy) is 4. The van der Waals surface area contributed by atoms with Gasteiger partial charge in [-0.05, 0) is 82.3 Å². The molecule has 3 aliphatic heterocycles. The summed E-state index contributed by atoms with van der Waals surface area (Å²) in [7, 11) is 0. The largest absolute Gasteiger partial charge is 0.492 e. The number of thiazole rings is 1. The lowest BCUT2D eigenvalue weighted by Crippen LogP contribution is -2.56. The molecule has 3 saturated heterocycles. The quantitative estimate of drug-likeness (QED) is 0.170. The van der Waals surface area contributed by atoms with E-state index in [1.165, 1.54) is 22.7 Å². The Morgan fingerprint density at radius 1 is 0.984 bits per heavy atom. The van der Waals surface area contributed by atoms with Gasteiger partial charge in [-0.3, -0.25) is 14.5 Å². The Labute approximate surface area is 372 Å². The lowest BCUT2D eigenvalue weighted by atomic mass is 10.0. The predicted molar refractivity (Wildman–Crippen MR) is 236 cm³/mol. The van der Waals surface area contributed by atoms with Crippen LogP contribution in [0, 0.1) is 17.8 Å². The molecule has 3 amide bonds. The van der Waals surface area contributed by atoms with Crippen LogP contribution in [0.25, 0.3) is 22.3 Å². The Morgan fingerprint density at radius 3 is 2.54 bits per heavy atom. The first-order valence-electron chi connectivity index (χ1n) is 23.1. The van der Waals surface area contributed by atoms with E-state index in [1.807, 2.05) is 29.6 Å². The molecule has 3 aliphatic carbocycles. The minimum atomic E-state index is -1.37. The van der Waals surface area contributed by atoms with Crippen LogP contribution in [0.3, 0.4) is 0 Å². The molecule has 63 heavy (non-hydrogen) atoms. The number of benzene rings is 1. The molecule has 1 aromatic carbocycles. The monoisotopic (exact) mass is 887 g/mol. The van der Waals surface area contributed by atoms with Crippen molar-refractivity contribution in [1.82, 2.24) is 30.4 Å². The Bertz CT molecular complexity index is 2150. The van der Waals surface area contributed by atoms with E-state index in [9.17, 15) is 24.3 Å². The summed E-state index contributed by atoms with van der Waals surface area (Å²) in [6.45, 7) is 8.58. The first-order chi connectivity index (χ1) is 30.5. The third-order valence-corrected chi connectivity index (χ3v) is 14.6. The molecule has 340 valence electrons. The molecule has 3 saturated carbocycles. The van der Waals surface area contributed by atoms with E-state index < -0.39 is 47.6 Å². The van der Waals surface area contributed by atoms with Crippen LogP contribution in [0.1, 0.15) is 90.9 Å². The SMILES string of the molecule is CC(C)Nc1nc(-c2cc(O[C@@H]3C[C@H]4C(=O)N[C@]5(C(=O)O)C[C@@H]5CCCCCCC[C@H](NC(=O)OC5C[C@@H]6C[C@@H]6C5)C(=O)N4C3)c3ccc(OCCN4CCOCC4)cc3n2)cs1. The fourth-order valence-corrected chi connectivity index (χ4v) is 11.0. The average Bonchev–Trinajstić information content (AvgIpc) is 3.91. The predicted octanol–water partition coefficient (Wildman–Crippen LogP) is 5.84. The van der Waals surface area contributed by atoms with Gasteiger partial charge in [0.05, 0.1) is 31.0 Å². The van der Waals surface area contributed by atoms with E-state index in [2.05, 4.69) is 34.7 Å². The van der Waals surface area contributed by atoms with Crippen molar-refractivity contribution >= 4 is 51.2 Å². The third-order valence-electron chi connectivity index (χ3n) is 13.8. The van der Waals surface area contributed by atoms with Gasteiger partial charge in [0.15, 0.2) is 5.13 Å². The molecule has 0 radical (unpaired) electrons. The Balaban J connectivity index is 0.993. The van der Waals surface area contributed by atoms with E-state index >= 15 is 0 Å². The number of carbonyl (C=O) groups excluding carboxylic acids is 3. The minimum Gasteiger partial charge on any atom is -0.492 e. The first-order valence-corrected chi connectivity index (χ1v) is 24.0. The molecule has 9 rings (SSSR count). The zero-order valence-corrected chi connectivity index (χ0v) is 37.2. The third kappa shape index (κ3) is 10.1. The van der Waals surface area contributed by atoms with E-state index in [1.54, 1.807) is 0 Å². The van der Waals surface area contributed by atoms with Crippen LogP contribution < -0.4 is 25.4 Å². The van der Waals surface area contributed by atoms with Crippen molar-refractivity contribution in [2.45, 2.75) is 127 Å². The zero-order valence-electron chi connectivity index (χ0n) is 36.4. The summed E-state index contributed by atoms with van der Waals surface area (Å²) in [5, 5.41) is 23.0. The summed E-state index contributed by atoms with van der Waals surface area (Å²) in [6, 6.07) is 5.76. The molecule has 8 atom stereocenters. The normalized spacial score (nSPS) is 30.0. The highest BCUT2D eigenvalue weighted by atomic mass is 32.1. The molecule has 17 heteroatoms. The number of aliphatic carboxylic acids is 1. The number of rotatable bonds is 12. The number of amides is 3. The summed E-state index contributed by atoms with van der Waals surface area (Å²) < 4.78 is 24.4. The van der Waals surface area contributed by atoms with Gasteiger partial charge in [0.2, 0.25) is 11.8 Å². The molecule has 0 spiro atoms. The number of anilines is 1. The summed E-state index contributed by atoms with van der Waals surface area (Å²) in [4.78, 5) is 68.9. The molecule has 6 aliphatic rings. The Hall–Kier alpha value is -4.74. The van der Waals surface area contributed by atoms with Crippen LogP contribution in [0.5, 0.6) is 11.5 Å². The number of carboxylic acids is 1. The summed E-state index contributed by atoms with van der Waals surface area (Å²) in [5.41, 5.74) is 0.507. The standard InChI is InChI=1S/C46H61N7O9S/c1-27(2)47-44-49-38(26-63-44)37-23-40(34-11-10-31(21-36(34)48-37)60-17-14-52-12-15-59-16-13-52)61-33-22-39-41(54)51-46(43(56)57)24-30(46)8-6-4-3-5-7-9-35(42(55)53(39)25-33)50-45(58)62-32-19-28-18-29(28)20-32/h10-11,21,23,26-30,32-33,35,39H,3-9,12-20,22,24-25H2,1-2H3,(H,47,49)(H,50,58)(H,51,54)(H,56,57)/t28-,29+,30-,32?,33+,35-,39-,46+/m0/s1. The van der Waals surface area contributed by atoms with Gasteiger partial charge in [-0.15, -0.1) is 11.3 Å². The minimum absolute atomic E-state index is 0.0423. The van der Waals surface area contributed by atoms with Gasteiger partial charge in [0.25, 0.3) is 0 Å². The van der Waals surface area contributed by atoms with E-state index in [4.69, 9.17) is 28.9 Å². The molecular formula is C46H61N7O9S. The molecule has 6 fully saturated rings. The number of hydrogen-bond donors (Lipinski definition) is 4. The van der Waals surface area contributed by atoms with Gasteiger partial charge < -0.3 is 44.9 Å². The van der Waals surface area contributed by atoms with Gasteiger partial charge in [0.1, 0.15) is 53.6 Å². The summed E-state index contributed by atoms with van der Waals surface area (Å²) in [6.07, 6.45) is 7.29. The number of nitrogens with one attached hydrogen (secondary N) is 3. The molecule has 5 heterocycles. The second-order valence-corrected chi connectivity index (χ2v) is 19.6. The highest BCUT2D eigenvalue weighted by Gasteiger charge is 2.62. The Kier molecular flexibility index (Phi) is 13.0. The van der Waals surface area contributed by atoms with Crippen LogP contribution in [-0.2, 0) is 23.9 Å². The van der Waals surface area contributed by atoms with Crippen molar-refractivity contribution in [3.63, 3.8) is 0 Å². The molecule has 4 N–H and O–H groups in total. The first kappa shape index (κ1) is 43.5. The van der Waals surface area contributed by atoms with Crippen LogP contribution in [-0.4, -0.2) is 131 Å². The van der Waals surface area contributed by atoms with Crippen LogP contribution in [0.2, 0.25) is 0 Å². The van der Waals surface area contributed by atoms with Crippen LogP contribution in [0.4, 0.5) is 9.93 Å². The zero-order chi connectivity index (χ0) is 43.7. The Morgan fingerprint density at radius 2 is 1.76 bits per heavy atom. The number of alkyl carbamates (subject to hydrolysis) is 1. The number of nitrogens with zero attached hydrogens (tertiary/aromatic N) is 4. The molecule has 3 aromatic rings. The topological polar surface area (TPSA) is 194 Å². The van der Waals surface area contributed by atoms with Crippen molar-refractivity contribution in [3.05, 3.63) is 29.6 Å². The van der Waals surface area contributed by atoms with Gasteiger partial charge in [0, 0.05) is 55.0 Å². The second kappa shape index (κ2) is 18.8. The highest BCUT2D eigenvalue weighted by Crippen LogP contribution is 2.52. The van der Waals surface area contributed by atoms with Gasteiger partial charge in [-0.2, -0.15) is 0 Å². The highest BCUT2D eigenvalue weighted by molar-refractivity contribution is 7.14. The fraction of sp³-hybridized carbons (Fsp3) is 0.652. The number of morpholine rings is 1. The van der Waals surface area contributed by atoms with Gasteiger partial charge in [-0.25, -0.2) is 19.6 Å². The second-order valence-electron chi connectivity index (χ2n) is 18.8. The fourth-order valence-electron chi connectivity index (χ4n) is 10.1. The lowest BCUT2D eigenvalue weighted by molar-refractivity contribution is -0.146. The van der Waals surface area contributed by atoms with Crippen molar-refractivity contribution in [2.75, 3.05) is 51.3 Å². The van der Waals surface area contributed by atoms with E-state index in [0.717, 1.165) is 63.3 Å². The summed E-state index contributed by atoms with van der Waals surface area (Å²) in [5.74, 6) is 0.225.